The van der Waals surface area contributed by atoms with Crippen molar-refractivity contribution < 1.29 is 8.42 Å². The Kier molecular flexibility index (Phi) is 6.10. The zero-order valence-electron chi connectivity index (χ0n) is 10.3. The van der Waals surface area contributed by atoms with E-state index in [1.807, 2.05) is 6.92 Å². The van der Waals surface area contributed by atoms with Crippen molar-refractivity contribution in [1.29, 1.82) is 0 Å². The van der Waals surface area contributed by atoms with Gasteiger partial charge in [-0.15, -0.1) is 12.4 Å². The predicted octanol–water partition coefficient (Wildman–Crippen LogP) is 2.51. The van der Waals surface area contributed by atoms with Gasteiger partial charge in [0.1, 0.15) is 0 Å². The van der Waals surface area contributed by atoms with E-state index in [1.165, 1.54) is 10.4 Å². The normalized spacial score (nSPS) is 20.9. The van der Waals surface area contributed by atoms with E-state index in [2.05, 4.69) is 21.2 Å². The molecule has 1 aliphatic heterocycles. The molecule has 1 fully saturated rings. The summed E-state index contributed by atoms with van der Waals surface area (Å²) in [6.07, 6.45) is 0. The van der Waals surface area contributed by atoms with Crippen molar-refractivity contribution in [3.05, 3.63) is 27.7 Å². The van der Waals surface area contributed by atoms with Gasteiger partial charge in [-0.25, -0.2) is 8.42 Å². The average Bonchev–Trinajstić information content (AvgIpc) is 2.32. The highest BCUT2D eigenvalue weighted by Crippen LogP contribution is 2.27. The van der Waals surface area contributed by atoms with Gasteiger partial charge in [0, 0.05) is 30.1 Å². The number of sulfonamides is 1. The second kappa shape index (κ2) is 6.74. The van der Waals surface area contributed by atoms with Gasteiger partial charge in [0.2, 0.25) is 10.0 Å². The molecule has 1 aromatic carbocycles. The standard InChI is InChI=1S/C11H14BrClN2O2S.ClH/c1-8-7-15(5-4-14-8)18(16,17)9-2-3-11(13)10(12)6-9;/h2-3,6,8,14H,4-5,7H2,1H3;1H/t8-;/m1./s1. The minimum absolute atomic E-state index is 0. The van der Waals surface area contributed by atoms with Crippen LogP contribution in [0.1, 0.15) is 6.92 Å². The molecule has 0 aliphatic carbocycles. The maximum atomic E-state index is 12.4. The monoisotopic (exact) mass is 388 g/mol. The van der Waals surface area contributed by atoms with Gasteiger partial charge < -0.3 is 5.32 Å². The summed E-state index contributed by atoms with van der Waals surface area (Å²) in [4.78, 5) is 0.271. The average molecular weight is 390 g/mol. The highest BCUT2D eigenvalue weighted by Gasteiger charge is 2.28. The molecule has 1 N–H and O–H groups in total. The van der Waals surface area contributed by atoms with Crippen molar-refractivity contribution in [1.82, 2.24) is 9.62 Å². The summed E-state index contributed by atoms with van der Waals surface area (Å²) in [5.74, 6) is 0. The minimum atomic E-state index is -3.43. The van der Waals surface area contributed by atoms with Crippen molar-refractivity contribution in [3.8, 4) is 0 Å². The van der Waals surface area contributed by atoms with Crippen LogP contribution in [-0.2, 0) is 10.0 Å². The lowest BCUT2D eigenvalue weighted by atomic mass is 10.3. The SMILES string of the molecule is C[C@@H]1CN(S(=O)(=O)c2ccc(Cl)c(Br)c2)CCN1.Cl. The summed E-state index contributed by atoms with van der Waals surface area (Å²) in [5, 5.41) is 3.72. The lowest BCUT2D eigenvalue weighted by molar-refractivity contribution is 0.310. The Morgan fingerprint density at radius 2 is 2.16 bits per heavy atom. The molecule has 0 spiro atoms. The first kappa shape index (κ1) is 17.2. The van der Waals surface area contributed by atoms with Crippen molar-refractivity contribution in [3.63, 3.8) is 0 Å². The molecule has 8 heteroatoms. The highest BCUT2D eigenvalue weighted by atomic mass is 79.9. The second-order valence-corrected chi connectivity index (χ2v) is 7.49. The fourth-order valence-corrected chi connectivity index (χ4v) is 4.11. The van der Waals surface area contributed by atoms with Crippen molar-refractivity contribution in [2.24, 2.45) is 0 Å². The molecule has 0 aromatic heterocycles. The van der Waals surface area contributed by atoms with Gasteiger partial charge in [0.25, 0.3) is 0 Å². The van der Waals surface area contributed by atoms with Gasteiger partial charge >= 0.3 is 0 Å². The molecule has 1 heterocycles. The van der Waals surface area contributed by atoms with Crippen LogP contribution in [0, 0.1) is 0 Å². The first-order valence-corrected chi connectivity index (χ1v) is 8.21. The number of halogens is 3. The Hall–Kier alpha value is 0.150. The summed E-state index contributed by atoms with van der Waals surface area (Å²) in [6.45, 7) is 3.63. The summed E-state index contributed by atoms with van der Waals surface area (Å²) in [7, 11) is -3.43. The maximum absolute atomic E-state index is 12.4. The number of hydrogen-bond acceptors (Lipinski definition) is 3. The third-order valence-electron chi connectivity index (χ3n) is 2.86. The fourth-order valence-electron chi connectivity index (χ4n) is 1.90. The topological polar surface area (TPSA) is 49.4 Å². The van der Waals surface area contributed by atoms with Crippen LogP contribution >= 0.6 is 39.9 Å². The van der Waals surface area contributed by atoms with E-state index in [1.54, 1.807) is 12.1 Å². The fraction of sp³-hybridized carbons (Fsp3) is 0.455. The highest BCUT2D eigenvalue weighted by molar-refractivity contribution is 9.10. The zero-order chi connectivity index (χ0) is 13.3. The van der Waals surface area contributed by atoms with Gasteiger partial charge in [-0.2, -0.15) is 4.31 Å². The first-order valence-electron chi connectivity index (χ1n) is 5.60. The maximum Gasteiger partial charge on any atom is 0.243 e. The predicted molar refractivity (Wildman–Crippen MR) is 82.6 cm³/mol. The lowest BCUT2D eigenvalue weighted by Crippen LogP contribution is -2.51. The summed E-state index contributed by atoms with van der Waals surface area (Å²) < 4.78 is 27.0. The third kappa shape index (κ3) is 3.83. The van der Waals surface area contributed by atoms with Gasteiger partial charge in [-0.05, 0) is 41.1 Å². The van der Waals surface area contributed by atoms with Crippen LogP contribution in [0.5, 0.6) is 0 Å². The summed E-state index contributed by atoms with van der Waals surface area (Å²) in [6, 6.07) is 4.84. The van der Waals surface area contributed by atoms with Crippen LogP contribution in [0.3, 0.4) is 0 Å². The van der Waals surface area contributed by atoms with Crippen molar-refractivity contribution in [2.45, 2.75) is 17.9 Å². The Morgan fingerprint density at radius 1 is 1.47 bits per heavy atom. The number of rotatable bonds is 2. The molecule has 1 atom stereocenters. The molecule has 1 saturated heterocycles. The van der Waals surface area contributed by atoms with Gasteiger partial charge in [0.05, 0.1) is 9.92 Å². The molecule has 2 rings (SSSR count). The molecule has 1 aromatic rings. The molecular formula is C11H15BrCl2N2O2S. The Bertz CT molecular complexity index is 554. The van der Waals surface area contributed by atoms with E-state index in [4.69, 9.17) is 11.6 Å². The molecule has 4 nitrogen and oxygen atoms in total. The molecule has 0 radical (unpaired) electrons. The largest absolute Gasteiger partial charge is 0.312 e. The second-order valence-electron chi connectivity index (χ2n) is 4.29. The van der Waals surface area contributed by atoms with Crippen LogP contribution < -0.4 is 5.32 Å². The smallest absolute Gasteiger partial charge is 0.243 e. The third-order valence-corrected chi connectivity index (χ3v) is 5.94. The van der Waals surface area contributed by atoms with Gasteiger partial charge in [-0.3, -0.25) is 0 Å². The van der Waals surface area contributed by atoms with E-state index < -0.39 is 10.0 Å². The Labute approximate surface area is 133 Å². The van der Waals surface area contributed by atoms with Crippen LogP contribution in [-0.4, -0.2) is 38.4 Å². The molecule has 1 aliphatic rings. The van der Waals surface area contributed by atoms with Crippen LogP contribution in [0.2, 0.25) is 5.02 Å². The zero-order valence-corrected chi connectivity index (χ0v) is 14.2. The number of nitrogens with one attached hydrogen (secondary N) is 1. The van der Waals surface area contributed by atoms with Gasteiger partial charge in [0.15, 0.2) is 0 Å². The Balaban J connectivity index is 0.00000180. The quantitative estimate of drug-likeness (QED) is 0.845. The van der Waals surface area contributed by atoms with E-state index in [-0.39, 0.29) is 23.3 Å². The molecule has 0 bridgehead atoms. The minimum Gasteiger partial charge on any atom is -0.312 e. The van der Waals surface area contributed by atoms with E-state index >= 15 is 0 Å². The number of hydrogen-bond donors (Lipinski definition) is 1. The molecule has 108 valence electrons. The van der Waals surface area contributed by atoms with Crippen molar-refractivity contribution in [2.75, 3.05) is 19.6 Å². The van der Waals surface area contributed by atoms with Crippen LogP contribution in [0.25, 0.3) is 0 Å². The number of nitrogens with zero attached hydrogens (tertiary/aromatic N) is 1. The molecule has 0 saturated carbocycles. The number of piperazine rings is 1. The Morgan fingerprint density at radius 3 is 2.74 bits per heavy atom. The molecule has 0 amide bonds. The lowest BCUT2D eigenvalue weighted by Gasteiger charge is -2.31. The number of benzene rings is 1. The van der Waals surface area contributed by atoms with Crippen LogP contribution in [0.4, 0.5) is 0 Å². The first-order chi connectivity index (χ1) is 8.41. The van der Waals surface area contributed by atoms with Gasteiger partial charge in [-0.1, -0.05) is 11.6 Å². The summed E-state index contributed by atoms with van der Waals surface area (Å²) >= 11 is 9.12. The summed E-state index contributed by atoms with van der Waals surface area (Å²) in [5.41, 5.74) is 0. The molecule has 0 unspecified atom stereocenters. The molecular weight excluding hydrogens is 375 g/mol. The van der Waals surface area contributed by atoms with E-state index in [0.717, 1.165) is 0 Å². The van der Waals surface area contributed by atoms with E-state index in [9.17, 15) is 8.42 Å². The van der Waals surface area contributed by atoms with Crippen molar-refractivity contribution >= 4 is 50.0 Å². The molecule has 19 heavy (non-hydrogen) atoms. The van der Waals surface area contributed by atoms with E-state index in [0.29, 0.717) is 29.1 Å². The van der Waals surface area contributed by atoms with Crippen LogP contribution in [0.15, 0.2) is 27.6 Å².